The molecule has 3 rings (SSSR count). The van der Waals surface area contributed by atoms with Crippen LogP contribution in [0.2, 0.25) is 0 Å². The number of rotatable bonds is 4. The van der Waals surface area contributed by atoms with Crippen LogP contribution in [-0.2, 0) is 23.9 Å². The van der Waals surface area contributed by atoms with Gasteiger partial charge >= 0.3 is 11.9 Å². The fourth-order valence-electron chi connectivity index (χ4n) is 3.84. The van der Waals surface area contributed by atoms with Crippen molar-refractivity contribution in [1.29, 1.82) is 0 Å². The Bertz CT molecular complexity index is 502. The third-order valence-corrected chi connectivity index (χ3v) is 4.82. The van der Waals surface area contributed by atoms with E-state index < -0.39 is 17.3 Å². The van der Waals surface area contributed by atoms with E-state index >= 15 is 0 Å². The molecule has 5 unspecified atom stereocenters. The molecule has 0 spiro atoms. The third-order valence-electron chi connectivity index (χ3n) is 4.82. The van der Waals surface area contributed by atoms with Gasteiger partial charge in [-0.25, -0.2) is 0 Å². The van der Waals surface area contributed by atoms with Crippen molar-refractivity contribution >= 4 is 17.8 Å². The summed E-state index contributed by atoms with van der Waals surface area (Å²) in [6.45, 7) is 5.03. The number of fused-ring (bicyclic) bond motifs is 1. The lowest BCUT2D eigenvalue weighted by molar-refractivity contribution is -0.161. The minimum atomic E-state index is -0.512. The van der Waals surface area contributed by atoms with Crippen LogP contribution in [0.4, 0.5) is 0 Å². The van der Waals surface area contributed by atoms with Gasteiger partial charge in [0.1, 0.15) is 18.8 Å². The minimum absolute atomic E-state index is 0.153. The predicted molar refractivity (Wildman–Crippen MR) is 67.3 cm³/mol. The average Bonchev–Trinajstić information content (AvgIpc) is 2.97. The van der Waals surface area contributed by atoms with Crippen LogP contribution < -0.4 is 5.32 Å². The Kier molecular flexibility index (Phi) is 2.84. The Morgan fingerprint density at radius 3 is 3.05 bits per heavy atom. The summed E-state index contributed by atoms with van der Waals surface area (Å²) in [5.41, 5.74) is -0.394. The lowest BCUT2D eigenvalue weighted by Crippen LogP contribution is -2.41. The van der Waals surface area contributed by atoms with Crippen molar-refractivity contribution in [2.24, 2.45) is 17.3 Å². The fraction of sp³-hybridized carbons (Fsp3) is 0.643. The molecule has 6 heteroatoms. The summed E-state index contributed by atoms with van der Waals surface area (Å²) in [5.74, 6) is -0.772. The Labute approximate surface area is 116 Å². The summed E-state index contributed by atoms with van der Waals surface area (Å²) < 4.78 is 10.8. The summed E-state index contributed by atoms with van der Waals surface area (Å²) >= 11 is 0. The first-order valence-electron chi connectivity index (χ1n) is 6.76. The van der Waals surface area contributed by atoms with Gasteiger partial charge in [-0.2, -0.15) is 0 Å². The molecule has 20 heavy (non-hydrogen) atoms. The molecule has 2 aliphatic carbocycles. The molecule has 6 nitrogen and oxygen atoms in total. The SMILES string of the molecule is C=CC(=O)NCC(=O)OC1C2CC3C1OC(=O)C3(C)C2. The average molecular weight is 279 g/mol. The first kappa shape index (κ1) is 13.1. The van der Waals surface area contributed by atoms with Crippen LogP contribution in [0.1, 0.15) is 19.8 Å². The number of esters is 2. The maximum absolute atomic E-state index is 11.9. The van der Waals surface area contributed by atoms with E-state index in [1.807, 2.05) is 6.92 Å². The summed E-state index contributed by atoms with van der Waals surface area (Å²) in [6, 6.07) is 0. The van der Waals surface area contributed by atoms with E-state index in [1.54, 1.807) is 0 Å². The number of ether oxygens (including phenoxy) is 2. The molecule has 3 fully saturated rings. The normalized spacial score (nSPS) is 40.4. The number of carbonyl (C=O) groups excluding carboxylic acids is 3. The molecular weight excluding hydrogens is 262 g/mol. The molecule has 2 saturated carbocycles. The third kappa shape index (κ3) is 1.74. The van der Waals surface area contributed by atoms with Crippen LogP contribution in [0.5, 0.6) is 0 Å². The molecule has 2 bridgehead atoms. The molecule has 5 atom stereocenters. The van der Waals surface area contributed by atoms with Crippen molar-refractivity contribution in [1.82, 2.24) is 5.32 Å². The van der Waals surface area contributed by atoms with Gasteiger partial charge in [-0.1, -0.05) is 6.58 Å². The predicted octanol–water partition coefficient (Wildman–Crippen LogP) is 0.172. The van der Waals surface area contributed by atoms with Gasteiger partial charge in [0.25, 0.3) is 0 Å². The molecule has 1 amide bonds. The highest BCUT2D eigenvalue weighted by Crippen LogP contribution is 2.62. The van der Waals surface area contributed by atoms with Gasteiger partial charge in [0.05, 0.1) is 5.41 Å². The largest absolute Gasteiger partial charge is 0.458 e. The van der Waals surface area contributed by atoms with Crippen LogP contribution >= 0.6 is 0 Å². The van der Waals surface area contributed by atoms with Crippen molar-refractivity contribution in [3.05, 3.63) is 12.7 Å². The van der Waals surface area contributed by atoms with E-state index in [9.17, 15) is 14.4 Å². The van der Waals surface area contributed by atoms with E-state index in [2.05, 4.69) is 11.9 Å². The van der Waals surface area contributed by atoms with Gasteiger partial charge in [-0.15, -0.1) is 0 Å². The Balaban J connectivity index is 1.61. The maximum Gasteiger partial charge on any atom is 0.325 e. The minimum Gasteiger partial charge on any atom is -0.458 e. The van der Waals surface area contributed by atoms with E-state index in [0.29, 0.717) is 6.42 Å². The van der Waals surface area contributed by atoms with Gasteiger partial charge in [-0.05, 0) is 25.8 Å². The van der Waals surface area contributed by atoms with Gasteiger partial charge in [0, 0.05) is 11.8 Å². The van der Waals surface area contributed by atoms with Gasteiger partial charge in [-0.3, -0.25) is 14.4 Å². The molecule has 0 aromatic rings. The van der Waals surface area contributed by atoms with E-state index in [0.717, 1.165) is 12.5 Å². The molecule has 3 aliphatic rings. The molecular formula is C14H17NO5. The summed E-state index contributed by atoms with van der Waals surface area (Å²) in [7, 11) is 0. The lowest BCUT2D eigenvalue weighted by Gasteiger charge is -2.29. The number of amides is 1. The summed E-state index contributed by atoms with van der Waals surface area (Å²) in [4.78, 5) is 34.6. The van der Waals surface area contributed by atoms with Gasteiger partial charge in [0.2, 0.25) is 5.91 Å². The van der Waals surface area contributed by atoms with Gasteiger partial charge in [0.15, 0.2) is 0 Å². The maximum atomic E-state index is 11.9. The van der Waals surface area contributed by atoms with E-state index in [1.165, 1.54) is 0 Å². The topological polar surface area (TPSA) is 81.7 Å². The van der Waals surface area contributed by atoms with Crippen LogP contribution in [0.25, 0.3) is 0 Å². The summed E-state index contributed by atoms with van der Waals surface area (Å²) in [6.07, 6.45) is 1.99. The lowest BCUT2D eigenvalue weighted by atomic mass is 9.75. The Morgan fingerprint density at radius 2 is 2.35 bits per heavy atom. The van der Waals surface area contributed by atoms with Crippen LogP contribution in [0, 0.1) is 17.3 Å². The van der Waals surface area contributed by atoms with E-state index in [-0.39, 0.29) is 36.6 Å². The highest BCUT2D eigenvalue weighted by molar-refractivity contribution is 5.89. The van der Waals surface area contributed by atoms with Crippen LogP contribution in [0.3, 0.4) is 0 Å². The number of nitrogens with one attached hydrogen (secondary N) is 1. The Morgan fingerprint density at radius 1 is 1.60 bits per heavy atom. The molecule has 1 N–H and O–H groups in total. The molecule has 108 valence electrons. The van der Waals surface area contributed by atoms with E-state index in [4.69, 9.17) is 9.47 Å². The molecule has 0 aromatic heterocycles. The zero-order valence-electron chi connectivity index (χ0n) is 11.3. The molecule has 0 radical (unpaired) electrons. The smallest absolute Gasteiger partial charge is 0.325 e. The highest BCUT2D eigenvalue weighted by atomic mass is 16.6. The van der Waals surface area contributed by atoms with Crippen molar-refractivity contribution in [2.75, 3.05) is 6.54 Å². The fourth-order valence-corrected chi connectivity index (χ4v) is 3.84. The Hall–Kier alpha value is -1.85. The zero-order chi connectivity index (χ0) is 14.5. The van der Waals surface area contributed by atoms with Crippen LogP contribution in [0.15, 0.2) is 12.7 Å². The second-order valence-electron chi connectivity index (χ2n) is 5.97. The van der Waals surface area contributed by atoms with Crippen molar-refractivity contribution in [3.63, 3.8) is 0 Å². The standard InChI is InChI=1S/C14H17NO5/c1-3-9(16)15-6-10(17)19-11-7-4-8-12(11)20-13(18)14(8,2)5-7/h3,7-8,11-12H,1,4-6H2,2H3,(H,15,16). The van der Waals surface area contributed by atoms with Crippen molar-refractivity contribution in [2.45, 2.75) is 32.0 Å². The monoisotopic (exact) mass is 279 g/mol. The van der Waals surface area contributed by atoms with Crippen molar-refractivity contribution < 1.29 is 23.9 Å². The second-order valence-corrected chi connectivity index (χ2v) is 5.97. The first-order chi connectivity index (χ1) is 9.45. The molecule has 1 saturated heterocycles. The zero-order valence-corrected chi connectivity index (χ0v) is 11.3. The number of hydrogen-bond acceptors (Lipinski definition) is 5. The highest BCUT2D eigenvalue weighted by Gasteiger charge is 2.69. The van der Waals surface area contributed by atoms with Crippen LogP contribution in [-0.4, -0.2) is 36.6 Å². The van der Waals surface area contributed by atoms with Crippen molar-refractivity contribution in [3.8, 4) is 0 Å². The number of carbonyl (C=O) groups is 3. The summed E-state index contributed by atoms with van der Waals surface area (Å²) in [5, 5.41) is 2.37. The first-order valence-corrected chi connectivity index (χ1v) is 6.76. The second kappa shape index (κ2) is 4.33. The quantitative estimate of drug-likeness (QED) is 0.586. The van der Waals surface area contributed by atoms with Gasteiger partial charge < -0.3 is 14.8 Å². The molecule has 1 aliphatic heterocycles. The molecule has 1 heterocycles. The molecule has 0 aromatic carbocycles. The number of hydrogen-bond donors (Lipinski definition) is 1.